The number of aldehydes is 1. The van der Waals surface area contributed by atoms with Gasteiger partial charge in [0.15, 0.2) is 0 Å². The molecule has 2 rings (SSSR count). The molecule has 2 fully saturated rings. The molecule has 0 aromatic rings. The smallest absolute Gasteiger partial charge is 0.127 e. The minimum atomic E-state index is -0.205. The molecule has 19 heavy (non-hydrogen) atoms. The molecule has 3 nitrogen and oxygen atoms in total. The highest BCUT2D eigenvalue weighted by atomic mass is 16.3. The topological polar surface area (TPSA) is 40.5 Å². The van der Waals surface area contributed by atoms with Gasteiger partial charge in [-0.15, -0.1) is 0 Å². The molecule has 2 aliphatic carbocycles. The molecular weight excluding hydrogens is 238 g/mol. The van der Waals surface area contributed by atoms with Gasteiger partial charge < -0.3 is 9.90 Å². The molecule has 3 heteroatoms. The van der Waals surface area contributed by atoms with Gasteiger partial charge in [0.05, 0.1) is 6.10 Å². The first-order chi connectivity index (χ1) is 9.06. The Balaban J connectivity index is 1.98. The highest BCUT2D eigenvalue weighted by Gasteiger charge is 2.38. The average molecular weight is 267 g/mol. The molecule has 4 unspecified atom stereocenters. The third-order valence-electron chi connectivity index (χ3n) is 5.20. The molecule has 0 bridgehead atoms. The molecule has 0 aromatic heterocycles. The van der Waals surface area contributed by atoms with Crippen molar-refractivity contribution < 1.29 is 9.90 Å². The highest BCUT2D eigenvalue weighted by molar-refractivity contribution is 5.60. The second-order valence-corrected chi connectivity index (χ2v) is 7.02. The van der Waals surface area contributed by atoms with E-state index in [9.17, 15) is 9.90 Å². The van der Waals surface area contributed by atoms with E-state index in [1.807, 2.05) is 0 Å². The number of rotatable bonds is 4. The Morgan fingerprint density at radius 3 is 2.63 bits per heavy atom. The van der Waals surface area contributed by atoms with E-state index >= 15 is 0 Å². The average Bonchev–Trinajstić information content (AvgIpc) is 2.39. The summed E-state index contributed by atoms with van der Waals surface area (Å²) in [4.78, 5) is 13.9. The van der Waals surface area contributed by atoms with Crippen molar-refractivity contribution in [2.75, 3.05) is 13.6 Å². The zero-order valence-corrected chi connectivity index (χ0v) is 12.5. The molecule has 0 spiro atoms. The molecule has 2 aliphatic rings. The normalized spacial score (nSPS) is 40.3. The zero-order valence-electron chi connectivity index (χ0n) is 12.5. The summed E-state index contributed by atoms with van der Waals surface area (Å²) in [5.41, 5.74) is -0.163. The maximum Gasteiger partial charge on any atom is 0.127 e. The Bertz CT molecular complexity index is 307. The van der Waals surface area contributed by atoms with E-state index in [1.54, 1.807) is 0 Å². The molecule has 0 amide bonds. The number of nitrogens with zero attached hydrogens (tertiary/aromatic N) is 1. The van der Waals surface area contributed by atoms with Crippen LogP contribution in [0.1, 0.15) is 58.3 Å². The van der Waals surface area contributed by atoms with Gasteiger partial charge in [0, 0.05) is 18.0 Å². The number of likely N-dealkylation sites (N-methyl/N-ethyl adjacent to an activating group) is 1. The fourth-order valence-corrected chi connectivity index (χ4v) is 4.21. The zero-order chi connectivity index (χ0) is 13.9. The molecule has 0 saturated heterocycles. The van der Waals surface area contributed by atoms with Gasteiger partial charge in [-0.05, 0) is 38.6 Å². The molecule has 0 aliphatic heterocycles. The van der Waals surface area contributed by atoms with Crippen LogP contribution in [-0.4, -0.2) is 42.0 Å². The second kappa shape index (κ2) is 6.36. The van der Waals surface area contributed by atoms with E-state index in [4.69, 9.17) is 0 Å². The van der Waals surface area contributed by atoms with Crippen LogP contribution in [0, 0.1) is 11.3 Å². The Morgan fingerprint density at radius 1 is 1.26 bits per heavy atom. The molecule has 110 valence electrons. The van der Waals surface area contributed by atoms with Crippen molar-refractivity contribution >= 4 is 6.29 Å². The molecular formula is C16H29NO2. The van der Waals surface area contributed by atoms with Crippen molar-refractivity contribution in [3.8, 4) is 0 Å². The van der Waals surface area contributed by atoms with Crippen LogP contribution in [-0.2, 0) is 4.79 Å². The molecule has 2 saturated carbocycles. The van der Waals surface area contributed by atoms with Crippen LogP contribution in [0.4, 0.5) is 0 Å². The quantitative estimate of drug-likeness (QED) is 0.796. The molecule has 0 radical (unpaired) electrons. The number of hydrogen-bond donors (Lipinski definition) is 1. The Morgan fingerprint density at radius 2 is 2.00 bits per heavy atom. The van der Waals surface area contributed by atoms with Crippen LogP contribution in [0.5, 0.6) is 0 Å². The van der Waals surface area contributed by atoms with Crippen molar-refractivity contribution in [3.63, 3.8) is 0 Å². The van der Waals surface area contributed by atoms with Gasteiger partial charge in [-0.2, -0.15) is 0 Å². The van der Waals surface area contributed by atoms with Gasteiger partial charge in [-0.1, -0.05) is 32.6 Å². The van der Waals surface area contributed by atoms with Gasteiger partial charge in [-0.3, -0.25) is 4.90 Å². The second-order valence-electron chi connectivity index (χ2n) is 7.02. The Kier molecular flexibility index (Phi) is 5.02. The standard InChI is InChI=1S/C16H29NO2/c1-13-6-5-9-16(10-13,12-18)11-17(2)14-7-3-4-8-15(14)19/h12-15,19H,3-11H2,1-2H3. The van der Waals surface area contributed by atoms with Crippen LogP contribution in [0.25, 0.3) is 0 Å². The predicted octanol–water partition coefficient (Wildman–Crippen LogP) is 2.62. The van der Waals surface area contributed by atoms with Crippen molar-refractivity contribution in [1.29, 1.82) is 0 Å². The fraction of sp³-hybridized carbons (Fsp3) is 0.938. The summed E-state index contributed by atoms with van der Waals surface area (Å²) in [5, 5.41) is 10.1. The SMILES string of the molecule is CC1CCCC(C=O)(CN(C)C2CCCCC2O)C1. The van der Waals surface area contributed by atoms with Crippen LogP contribution < -0.4 is 0 Å². The summed E-state index contributed by atoms with van der Waals surface area (Å²) >= 11 is 0. The molecule has 0 heterocycles. The lowest BCUT2D eigenvalue weighted by molar-refractivity contribution is -0.121. The minimum absolute atomic E-state index is 0.163. The van der Waals surface area contributed by atoms with Crippen LogP contribution in [0.3, 0.4) is 0 Å². The number of carbonyl (C=O) groups is 1. The lowest BCUT2D eigenvalue weighted by Crippen LogP contribution is -2.49. The van der Waals surface area contributed by atoms with E-state index in [0.29, 0.717) is 5.92 Å². The first-order valence-corrected chi connectivity index (χ1v) is 7.91. The maximum absolute atomic E-state index is 11.6. The van der Waals surface area contributed by atoms with Crippen molar-refractivity contribution in [2.24, 2.45) is 11.3 Å². The Labute approximate surface area is 117 Å². The largest absolute Gasteiger partial charge is 0.391 e. The predicted molar refractivity (Wildman–Crippen MR) is 77.0 cm³/mol. The molecule has 4 atom stereocenters. The van der Waals surface area contributed by atoms with Gasteiger partial charge in [0.1, 0.15) is 6.29 Å². The van der Waals surface area contributed by atoms with Crippen molar-refractivity contribution in [2.45, 2.75) is 70.4 Å². The van der Waals surface area contributed by atoms with E-state index in [2.05, 4.69) is 18.9 Å². The first kappa shape index (κ1) is 15.0. The minimum Gasteiger partial charge on any atom is -0.391 e. The summed E-state index contributed by atoms with van der Waals surface area (Å²) < 4.78 is 0. The third-order valence-corrected chi connectivity index (χ3v) is 5.20. The van der Waals surface area contributed by atoms with Gasteiger partial charge in [-0.25, -0.2) is 0 Å². The molecule has 1 N–H and O–H groups in total. The number of hydrogen-bond acceptors (Lipinski definition) is 3. The van der Waals surface area contributed by atoms with Crippen LogP contribution in [0.2, 0.25) is 0 Å². The summed E-state index contributed by atoms with van der Waals surface area (Å²) in [6, 6.07) is 0.253. The van der Waals surface area contributed by atoms with E-state index in [1.165, 1.54) is 25.5 Å². The lowest BCUT2D eigenvalue weighted by atomic mass is 9.70. The molecule has 0 aromatic carbocycles. The summed E-state index contributed by atoms with van der Waals surface area (Å²) in [7, 11) is 2.09. The van der Waals surface area contributed by atoms with E-state index in [-0.39, 0.29) is 17.6 Å². The van der Waals surface area contributed by atoms with Crippen molar-refractivity contribution in [1.82, 2.24) is 4.90 Å². The summed E-state index contributed by atoms with van der Waals surface area (Å²) in [5.74, 6) is 0.656. The number of aliphatic hydroxyl groups is 1. The Hall–Kier alpha value is -0.410. The monoisotopic (exact) mass is 267 g/mol. The van der Waals surface area contributed by atoms with E-state index < -0.39 is 0 Å². The van der Waals surface area contributed by atoms with Crippen LogP contribution >= 0.6 is 0 Å². The summed E-state index contributed by atoms with van der Waals surface area (Å²) in [6.07, 6.45) is 9.79. The third kappa shape index (κ3) is 3.57. The van der Waals surface area contributed by atoms with Gasteiger partial charge in [0.2, 0.25) is 0 Å². The summed E-state index contributed by atoms with van der Waals surface area (Å²) in [6.45, 7) is 3.08. The van der Waals surface area contributed by atoms with Gasteiger partial charge >= 0.3 is 0 Å². The maximum atomic E-state index is 11.6. The lowest BCUT2D eigenvalue weighted by Gasteiger charge is -2.42. The van der Waals surface area contributed by atoms with Crippen LogP contribution in [0.15, 0.2) is 0 Å². The first-order valence-electron chi connectivity index (χ1n) is 7.91. The number of aliphatic hydroxyl groups excluding tert-OH is 1. The highest BCUT2D eigenvalue weighted by Crippen LogP contribution is 2.39. The van der Waals surface area contributed by atoms with E-state index in [0.717, 1.165) is 38.6 Å². The fourth-order valence-electron chi connectivity index (χ4n) is 4.21. The van der Waals surface area contributed by atoms with Crippen molar-refractivity contribution in [3.05, 3.63) is 0 Å². The van der Waals surface area contributed by atoms with Gasteiger partial charge in [0.25, 0.3) is 0 Å². The number of carbonyl (C=O) groups excluding carboxylic acids is 1.